The first-order valence-electron chi connectivity index (χ1n) is 6.24. The molecule has 1 atom stereocenters. The summed E-state index contributed by atoms with van der Waals surface area (Å²) in [4.78, 5) is 21.7. The molecule has 0 radical (unpaired) electrons. The van der Waals surface area contributed by atoms with Gasteiger partial charge in [-0.1, -0.05) is 19.9 Å². The topological polar surface area (TPSA) is 104 Å². The summed E-state index contributed by atoms with van der Waals surface area (Å²) in [7, 11) is 0. The van der Waals surface area contributed by atoms with Crippen LogP contribution in [0, 0.1) is 16.0 Å². The number of urea groups is 1. The van der Waals surface area contributed by atoms with Gasteiger partial charge in [0.2, 0.25) is 0 Å². The number of aliphatic hydroxyl groups is 1. The molecule has 3 N–H and O–H groups in total. The fourth-order valence-corrected chi connectivity index (χ4v) is 1.34. The maximum Gasteiger partial charge on any atom is 0.319 e. The van der Waals surface area contributed by atoms with Gasteiger partial charge in [0.1, 0.15) is 0 Å². The van der Waals surface area contributed by atoms with E-state index in [4.69, 9.17) is 0 Å². The van der Waals surface area contributed by atoms with Crippen molar-refractivity contribution in [3.8, 4) is 0 Å². The molecule has 0 bridgehead atoms. The number of carbonyl (C=O) groups is 1. The average Bonchev–Trinajstić information content (AvgIpc) is 2.36. The van der Waals surface area contributed by atoms with E-state index in [9.17, 15) is 20.0 Å². The number of amides is 2. The lowest BCUT2D eigenvalue weighted by molar-refractivity contribution is -0.384. The Labute approximate surface area is 117 Å². The molecule has 0 heterocycles. The van der Waals surface area contributed by atoms with Crippen molar-refractivity contribution >= 4 is 17.4 Å². The molecule has 2 amide bonds. The molecule has 0 aliphatic heterocycles. The number of anilines is 1. The second-order valence-electron chi connectivity index (χ2n) is 5.13. The third-order valence-corrected chi connectivity index (χ3v) is 3.17. The summed E-state index contributed by atoms with van der Waals surface area (Å²) in [5.41, 5.74) is -0.794. The van der Waals surface area contributed by atoms with E-state index in [2.05, 4.69) is 10.6 Å². The second-order valence-corrected chi connectivity index (χ2v) is 5.13. The van der Waals surface area contributed by atoms with Crippen LogP contribution in [0.25, 0.3) is 0 Å². The summed E-state index contributed by atoms with van der Waals surface area (Å²) in [6, 6.07) is 5.12. The van der Waals surface area contributed by atoms with Crippen LogP contribution in [0.15, 0.2) is 24.3 Å². The average molecular weight is 281 g/mol. The van der Waals surface area contributed by atoms with Gasteiger partial charge >= 0.3 is 6.03 Å². The molecule has 1 aromatic carbocycles. The molecule has 7 heteroatoms. The zero-order valence-electron chi connectivity index (χ0n) is 11.7. The summed E-state index contributed by atoms with van der Waals surface area (Å²) < 4.78 is 0. The predicted octanol–water partition coefficient (Wildman–Crippen LogP) is 2.12. The number of benzene rings is 1. The Kier molecular flexibility index (Phi) is 5.04. The van der Waals surface area contributed by atoms with Crippen molar-refractivity contribution in [3.05, 3.63) is 34.4 Å². The monoisotopic (exact) mass is 281 g/mol. The molecule has 0 aliphatic rings. The van der Waals surface area contributed by atoms with Gasteiger partial charge in [-0.05, 0) is 18.9 Å². The minimum Gasteiger partial charge on any atom is -0.388 e. The van der Waals surface area contributed by atoms with Crippen molar-refractivity contribution in [2.75, 3.05) is 11.9 Å². The van der Waals surface area contributed by atoms with Crippen molar-refractivity contribution in [1.82, 2.24) is 5.32 Å². The predicted molar refractivity (Wildman–Crippen MR) is 75.6 cm³/mol. The maximum atomic E-state index is 11.7. The van der Waals surface area contributed by atoms with Gasteiger partial charge in [0, 0.05) is 24.4 Å². The van der Waals surface area contributed by atoms with Crippen LogP contribution in [0.2, 0.25) is 0 Å². The number of hydrogen-bond acceptors (Lipinski definition) is 4. The lowest BCUT2D eigenvalue weighted by Gasteiger charge is -2.27. The third-order valence-electron chi connectivity index (χ3n) is 3.17. The first kappa shape index (κ1) is 15.9. The van der Waals surface area contributed by atoms with Crippen LogP contribution >= 0.6 is 0 Å². The maximum absolute atomic E-state index is 11.7. The number of carbonyl (C=O) groups excluding carboxylic acids is 1. The van der Waals surface area contributed by atoms with Gasteiger partial charge in [0.15, 0.2) is 0 Å². The molecule has 110 valence electrons. The molecule has 0 saturated carbocycles. The van der Waals surface area contributed by atoms with E-state index >= 15 is 0 Å². The van der Waals surface area contributed by atoms with E-state index in [1.165, 1.54) is 18.2 Å². The molecule has 0 fully saturated rings. The van der Waals surface area contributed by atoms with Gasteiger partial charge in [-0.3, -0.25) is 10.1 Å². The largest absolute Gasteiger partial charge is 0.388 e. The number of rotatable bonds is 5. The Hall–Kier alpha value is -2.15. The minimum atomic E-state index is -1.01. The van der Waals surface area contributed by atoms with Crippen molar-refractivity contribution in [3.63, 3.8) is 0 Å². The van der Waals surface area contributed by atoms with Crippen LogP contribution < -0.4 is 10.6 Å². The van der Waals surface area contributed by atoms with Gasteiger partial charge in [0.25, 0.3) is 5.69 Å². The van der Waals surface area contributed by atoms with Crippen LogP contribution in [0.3, 0.4) is 0 Å². The molecule has 0 unspecified atom stereocenters. The van der Waals surface area contributed by atoms with Gasteiger partial charge in [-0.25, -0.2) is 4.79 Å². The number of nitrogens with zero attached hydrogens (tertiary/aromatic N) is 1. The smallest absolute Gasteiger partial charge is 0.319 e. The first-order valence-corrected chi connectivity index (χ1v) is 6.24. The Morgan fingerprint density at radius 2 is 2.15 bits per heavy atom. The quantitative estimate of drug-likeness (QED) is 0.568. The number of nitrogens with one attached hydrogen (secondary N) is 2. The molecule has 20 heavy (non-hydrogen) atoms. The highest BCUT2D eigenvalue weighted by molar-refractivity contribution is 5.89. The molecular weight excluding hydrogens is 262 g/mol. The van der Waals surface area contributed by atoms with E-state index in [0.717, 1.165) is 0 Å². The zero-order valence-corrected chi connectivity index (χ0v) is 11.7. The molecule has 7 nitrogen and oxygen atoms in total. The molecule has 0 saturated heterocycles. The Morgan fingerprint density at radius 1 is 1.50 bits per heavy atom. The second kappa shape index (κ2) is 6.33. The minimum absolute atomic E-state index is 0.0133. The van der Waals surface area contributed by atoms with Crippen molar-refractivity contribution in [1.29, 1.82) is 0 Å². The lowest BCUT2D eigenvalue weighted by atomic mass is 9.93. The standard InChI is InChI=1S/C13H19N3O4/c1-9(2)13(3,18)8-14-12(17)15-10-5-4-6-11(7-10)16(19)20/h4-7,9,18H,8H2,1-3H3,(H2,14,15,17)/t13-/m1/s1. The normalized spacial score (nSPS) is 13.7. The molecular formula is C13H19N3O4. The van der Waals surface area contributed by atoms with Crippen LogP contribution in [-0.4, -0.2) is 28.2 Å². The van der Waals surface area contributed by atoms with Crippen LogP contribution in [0.4, 0.5) is 16.2 Å². The van der Waals surface area contributed by atoms with E-state index in [-0.39, 0.29) is 18.2 Å². The molecule has 0 aromatic heterocycles. The zero-order chi connectivity index (χ0) is 15.3. The highest BCUT2D eigenvalue weighted by Gasteiger charge is 2.25. The summed E-state index contributed by atoms with van der Waals surface area (Å²) in [5, 5.41) is 25.6. The molecule has 0 spiro atoms. The Morgan fingerprint density at radius 3 is 2.70 bits per heavy atom. The fourth-order valence-electron chi connectivity index (χ4n) is 1.34. The highest BCUT2D eigenvalue weighted by Crippen LogP contribution is 2.17. The van der Waals surface area contributed by atoms with Gasteiger partial charge < -0.3 is 15.7 Å². The molecule has 1 aromatic rings. The number of non-ortho nitro benzene ring substituents is 1. The van der Waals surface area contributed by atoms with Crippen LogP contribution in [0.5, 0.6) is 0 Å². The van der Waals surface area contributed by atoms with Crippen molar-refractivity contribution in [2.45, 2.75) is 26.4 Å². The van der Waals surface area contributed by atoms with Gasteiger partial charge in [0.05, 0.1) is 10.5 Å². The number of nitro groups is 1. The van der Waals surface area contributed by atoms with E-state index in [1.807, 2.05) is 13.8 Å². The first-order chi connectivity index (χ1) is 9.22. The van der Waals surface area contributed by atoms with Crippen molar-refractivity contribution < 1.29 is 14.8 Å². The van der Waals surface area contributed by atoms with Crippen LogP contribution in [-0.2, 0) is 0 Å². The SMILES string of the molecule is CC(C)[C@](C)(O)CNC(=O)Nc1cccc([N+](=O)[O-])c1. The Balaban J connectivity index is 2.59. The number of nitro benzene ring substituents is 1. The summed E-state index contributed by atoms with van der Waals surface area (Å²) in [6.07, 6.45) is 0. The van der Waals surface area contributed by atoms with Crippen LogP contribution in [0.1, 0.15) is 20.8 Å². The lowest BCUT2D eigenvalue weighted by Crippen LogP contribution is -2.45. The third kappa shape index (κ3) is 4.51. The molecule has 1 rings (SSSR count). The highest BCUT2D eigenvalue weighted by atomic mass is 16.6. The summed E-state index contributed by atoms with van der Waals surface area (Å²) >= 11 is 0. The number of hydrogen-bond donors (Lipinski definition) is 3. The van der Waals surface area contributed by atoms with Gasteiger partial charge in [-0.15, -0.1) is 0 Å². The summed E-state index contributed by atoms with van der Waals surface area (Å²) in [5.74, 6) is -0.0133. The summed E-state index contributed by atoms with van der Waals surface area (Å²) in [6.45, 7) is 5.41. The van der Waals surface area contributed by atoms with E-state index < -0.39 is 16.6 Å². The molecule has 0 aliphatic carbocycles. The van der Waals surface area contributed by atoms with Gasteiger partial charge in [-0.2, -0.15) is 0 Å². The fraction of sp³-hybridized carbons (Fsp3) is 0.462. The Bertz CT molecular complexity index is 500. The van der Waals surface area contributed by atoms with Crippen molar-refractivity contribution in [2.24, 2.45) is 5.92 Å². The van der Waals surface area contributed by atoms with E-state index in [0.29, 0.717) is 5.69 Å². The van der Waals surface area contributed by atoms with E-state index in [1.54, 1.807) is 13.0 Å².